The van der Waals surface area contributed by atoms with E-state index < -0.39 is 6.04 Å². The van der Waals surface area contributed by atoms with Gasteiger partial charge in [-0.1, -0.05) is 18.6 Å². The SMILES string of the molecule is CCOC(=O)[C@H]1CCCCN1CC(=O)N1N=C(c2ccc(C)c(C)c2)C[C@H]1c1ccc(OC)cc1OC. The predicted molar refractivity (Wildman–Crippen MR) is 142 cm³/mol. The summed E-state index contributed by atoms with van der Waals surface area (Å²) in [6.07, 6.45) is 3.13. The first kappa shape index (κ1) is 26.7. The molecule has 8 heteroatoms. The number of carbonyl (C=O) groups excluding carboxylic acids is 2. The molecule has 2 aliphatic heterocycles. The maximum Gasteiger partial charge on any atom is 0.323 e. The van der Waals surface area contributed by atoms with Gasteiger partial charge < -0.3 is 14.2 Å². The Morgan fingerprint density at radius 2 is 1.84 bits per heavy atom. The number of methoxy groups -OCH3 is 2. The first-order chi connectivity index (χ1) is 17.9. The van der Waals surface area contributed by atoms with Gasteiger partial charge in [0.25, 0.3) is 5.91 Å². The van der Waals surface area contributed by atoms with Crippen molar-refractivity contribution < 1.29 is 23.8 Å². The second kappa shape index (κ2) is 11.8. The molecule has 2 aliphatic rings. The molecule has 0 aliphatic carbocycles. The predicted octanol–water partition coefficient (Wildman–Crippen LogP) is 4.42. The van der Waals surface area contributed by atoms with Crippen LogP contribution in [-0.4, -0.2) is 67.5 Å². The van der Waals surface area contributed by atoms with Gasteiger partial charge in [-0.15, -0.1) is 0 Å². The highest BCUT2D eigenvalue weighted by molar-refractivity contribution is 6.03. The Morgan fingerprint density at radius 3 is 2.54 bits per heavy atom. The van der Waals surface area contributed by atoms with Gasteiger partial charge in [-0.3, -0.25) is 14.5 Å². The van der Waals surface area contributed by atoms with E-state index in [9.17, 15) is 9.59 Å². The lowest BCUT2D eigenvalue weighted by molar-refractivity contribution is -0.152. The minimum Gasteiger partial charge on any atom is -0.497 e. The van der Waals surface area contributed by atoms with E-state index in [1.807, 2.05) is 23.1 Å². The molecule has 0 N–H and O–H groups in total. The van der Waals surface area contributed by atoms with Crippen molar-refractivity contribution in [1.29, 1.82) is 0 Å². The van der Waals surface area contributed by atoms with Crippen LogP contribution in [0.2, 0.25) is 0 Å². The molecule has 1 fully saturated rings. The van der Waals surface area contributed by atoms with Crippen molar-refractivity contribution in [3.05, 3.63) is 58.7 Å². The van der Waals surface area contributed by atoms with Crippen LogP contribution in [-0.2, 0) is 14.3 Å². The van der Waals surface area contributed by atoms with Crippen LogP contribution in [0.3, 0.4) is 0 Å². The second-order valence-electron chi connectivity index (χ2n) is 9.65. The fourth-order valence-electron chi connectivity index (χ4n) is 5.10. The van der Waals surface area contributed by atoms with E-state index in [1.165, 1.54) is 11.1 Å². The number of ether oxygens (including phenoxy) is 3. The van der Waals surface area contributed by atoms with Crippen LogP contribution in [0.1, 0.15) is 60.9 Å². The van der Waals surface area contributed by atoms with E-state index in [0.29, 0.717) is 37.5 Å². The summed E-state index contributed by atoms with van der Waals surface area (Å²) >= 11 is 0. The number of aryl methyl sites for hydroxylation is 2. The molecular formula is C29H37N3O5. The number of hydrazone groups is 1. The summed E-state index contributed by atoms with van der Waals surface area (Å²) in [5, 5.41) is 6.42. The van der Waals surface area contributed by atoms with Crippen LogP contribution in [0.5, 0.6) is 11.5 Å². The van der Waals surface area contributed by atoms with Gasteiger partial charge >= 0.3 is 5.97 Å². The number of carbonyl (C=O) groups is 2. The zero-order valence-electron chi connectivity index (χ0n) is 22.5. The normalized spacial score (nSPS) is 19.9. The maximum absolute atomic E-state index is 13.8. The number of amides is 1. The van der Waals surface area contributed by atoms with Crippen LogP contribution in [0.4, 0.5) is 0 Å². The molecule has 0 saturated carbocycles. The Morgan fingerprint density at radius 1 is 1.03 bits per heavy atom. The summed E-state index contributed by atoms with van der Waals surface area (Å²) in [5.41, 5.74) is 5.09. The van der Waals surface area contributed by atoms with Crippen LogP contribution in [0, 0.1) is 13.8 Å². The molecule has 2 aromatic rings. The monoisotopic (exact) mass is 507 g/mol. The van der Waals surface area contributed by atoms with Crippen molar-refractivity contribution in [2.45, 2.75) is 58.5 Å². The highest BCUT2D eigenvalue weighted by atomic mass is 16.5. The number of nitrogens with zero attached hydrogens (tertiary/aromatic N) is 3. The summed E-state index contributed by atoms with van der Waals surface area (Å²) in [7, 11) is 3.22. The van der Waals surface area contributed by atoms with Gasteiger partial charge in [-0.25, -0.2) is 5.01 Å². The van der Waals surface area contributed by atoms with E-state index in [-0.39, 0.29) is 24.5 Å². The minimum atomic E-state index is -0.405. The molecule has 198 valence electrons. The van der Waals surface area contributed by atoms with Gasteiger partial charge in [0.15, 0.2) is 0 Å². The Labute approximate surface area is 219 Å². The third kappa shape index (κ3) is 5.80. The van der Waals surface area contributed by atoms with Gasteiger partial charge in [0.2, 0.25) is 0 Å². The number of esters is 1. The van der Waals surface area contributed by atoms with E-state index >= 15 is 0 Å². The van der Waals surface area contributed by atoms with E-state index in [4.69, 9.17) is 19.3 Å². The molecule has 4 rings (SSSR count). The third-order valence-electron chi connectivity index (χ3n) is 7.32. The van der Waals surface area contributed by atoms with E-state index in [0.717, 1.165) is 29.7 Å². The quantitative estimate of drug-likeness (QED) is 0.492. The number of benzene rings is 2. The zero-order chi connectivity index (χ0) is 26.5. The summed E-state index contributed by atoms with van der Waals surface area (Å²) in [4.78, 5) is 28.3. The van der Waals surface area contributed by atoms with Crippen molar-refractivity contribution in [2.75, 3.05) is 33.9 Å². The molecule has 0 unspecified atom stereocenters. The highest BCUT2D eigenvalue weighted by Crippen LogP contribution is 2.39. The van der Waals surface area contributed by atoms with Gasteiger partial charge in [0, 0.05) is 18.1 Å². The molecule has 0 bridgehead atoms. The van der Waals surface area contributed by atoms with E-state index in [1.54, 1.807) is 26.2 Å². The lowest BCUT2D eigenvalue weighted by Gasteiger charge is -2.34. The van der Waals surface area contributed by atoms with Crippen LogP contribution < -0.4 is 9.47 Å². The first-order valence-corrected chi connectivity index (χ1v) is 13.0. The Kier molecular flexibility index (Phi) is 8.48. The summed E-state index contributed by atoms with van der Waals surface area (Å²) in [6.45, 7) is 7.06. The number of rotatable bonds is 8. The topological polar surface area (TPSA) is 80.7 Å². The fourth-order valence-corrected chi connectivity index (χ4v) is 5.10. The lowest BCUT2D eigenvalue weighted by atomic mass is 9.95. The van der Waals surface area contributed by atoms with Crippen LogP contribution in [0.15, 0.2) is 41.5 Å². The molecule has 0 spiro atoms. The maximum atomic E-state index is 13.8. The Bertz CT molecular complexity index is 1180. The molecule has 1 saturated heterocycles. The summed E-state index contributed by atoms with van der Waals surface area (Å²) in [5.74, 6) is 0.903. The molecule has 1 amide bonds. The van der Waals surface area contributed by atoms with Crippen molar-refractivity contribution in [3.63, 3.8) is 0 Å². The van der Waals surface area contributed by atoms with Crippen LogP contribution in [0.25, 0.3) is 0 Å². The Balaban J connectivity index is 1.67. The molecule has 2 heterocycles. The van der Waals surface area contributed by atoms with Crippen LogP contribution >= 0.6 is 0 Å². The zero-order valence-corrected chi connectivity index (χ0v) is 22.5. The number of piperidine rings is 1. The van der Waals surface area contributed by atoms with E-state index in [2.05, 4.69) is 32.0 Å². The number of hydrogen-bond donors (Lipinski definition) is 0. The van der Waals surface area contributed by atoms with Crippen molar-refractivity contribution in [1.82, 2.24) is 9.91 Å². The van der Waals surface area contributed by atoms with Crippen molar-refractivity contribution in [2.24, 2.45) is 5.10 Å². The summed E-state index contributed by atoms with van der Waals surface area (Å²) < 4.78 is 16.4. The largest absolute Gasteiger partial charge is 0.497 e. The minimum absolute atomic E-state index is 0.0994. The van der Waals surface area contributed by atoms with Gasteiger partial charge in [-0.2, -0.15) is 5.10 Å². The fraction of sp³-hybridized carbons (Fsp3) is 0.483. The second-order valence-corrected chi connectivity index (χ2v) is 9.65. The number of hydrogen-bond acceptors (Lipinski definition) is 7. The highest BCUT2D eigenvalue weighted by Gasteiger charge is 2.38. The standard InChI is InChI=1S/C29H37N3O5/c1-6-37-29(34)25-9-7-8-14-31(25)18-28(33)32-26(23-13-12-22(35-4)16-27(23)36-5)17-24(30-32)21-11-10-19(2)20(3)15-21/h10-13,15-16,25-26H,6-9,14,17-18H2,1-5H3/t25-,26+/m1/s1. The van der Waals surface area contributed by atoms with Gasteiger partial charge in [0.05, 0.1) is 39.1 Å². The average molecular weight is 508 g/mol. The average Bonchev–Trinajstić information content (AvgIpc) is 3.35. The molecule has 2 atom stereocenters. The van der Waals surface area contributed by atoms with Gasteiger partial charge in [-0.05, 0) is 75.0 Å². The molecule has 0 aromatic heterocycles. The molecule has 0 radical (unpaired) electrons. The first-order valence-electron chi connectivity index (χ1n) is 13.0. The van der Waals surface area contributed by atoms with Crippen molar-refractivity contribution in [3.8, 4) is 11.5 Å². The third-order valence-corrected chi connectivity index (χ3v) is 7.32. The lowest BCUT2D eigenvalue weighted by Crippen LogP contribution is -2.49. The molecule has 2 aromatic carbocycles. The smallest absolute Gasteiger partial charge is 0.323 e. The molecule has 8 nitrogen and oxygen atoms in total. The van der Waals surface area contributed by atoms with Crippen molar-refractivity contribution >= 4 is 17.6 Å². The number of likely N-dealkylation sites (tertiary alicyclic amines) is 1. The molecular weight excluding hydrogens is 470 g/mol. The Hall–Kier alpha value is -3.39. The summed E-state index contributed by atoms with van der Waals surface area (Å²) in [6, 6.07) is 11.1. The van der Waals surface area contributed by atoms with Gasteiger partial charge in [0.1, 0.15) is 17.5 Å². The molecule has 37 heavy (non-hydrogen) atoms.